The number of alkyl halides is 2. The highest BCUT2D eigenvalue weighted by molar-refractivity contribution is 6.22. The summed E-state index contributed by atoms with van der Waals surface area (Å²) in [5, 5.41) is 1.54. The first-order chi connectivity index (χ1) is 12.1. The molecule has 0 saturated carbocycles. The van der Waals surface area contributed by atoms with Crippen LogP contribution in [0.15, 0.2) is 48.5 Å². The van der Waals surface area contributed by atoms with Crippen LogP contribution < -0.4 is 10.2 Å². The molecule has 1 aliphatic rings. The standard InChI is InChI=1S/C21H26ClFN2/c1-2-18-16-19(8-9-20(18)25-14-12-24-13-15-25)21(22,23)11-10-17-6-4-3-5-7-17/h3-9,16,24H,2,10-15H2,1H3. The van der Waals surface area contributed by atoms with Gasteiger partial charge in [-0.2, -0.15) is 0 Å². The van der Waals surface area contributed by atoms with Crippen molar-refractivity contribution >= 4 is 17.3 Å². The van der Waals surface area contributed by atoms with Gasteiger partial charge in [-0.15, -0.1) is 0 Å². The molecule has 134 valence electrons. The van der Waals surface area contributed by atoms with Crippen LogP contribution in [0, 0.1) is 0 Å². The zero-order valence-corrected chi connectivity index (χ0v) is 15.5. The maximum atomic E-state index is 15.1. The van der Waals surface area contributed by atoms with E-state index >= 15 is 4.39 Å². The second kappa shape index (κ2) is 8.20. The van der Waals surface area contributed by atoms with Crippen LogP contribution in [-0.2, 0) is 18.0 Å². The zero-order chi connectivity index (χ0) is 17.7. The molecule has 0 spiro atoms. The van der Waals surface area contributed by atoms with E-state index in [1.807, 2.05) is 48.5 Å². The van der Waals surface area contributed by atoms with Crippen LogP contribution in [-0.4, -0.2) is 26.2 Å². The Bertz CT molecular complexity index is 682. The maximum absolute atomic E-state index is 15.1. The fraction of sp³-hybridized carbons (Fsp3) is 0.429. The van der Waals surface area contributed by atoms with Crippen molar-refractivity contribution < 1.29 is 4.39 Å². The predicted octanol–water partition coefficient (Wildman–Crippen LogP) is 4.65. The summed E-state index contributed by atoms with van der Waals surface area (Å²) in [4.78, 5) is 2.37. The van der Waals surface area contributed by atoms with E-state index in [4.69, 9.17) is 11.6 Å². The molecule has 1 heterocycles. The van der Waals surface area contributed by atoms with Gasteiger partial charge in [-0.1, -0.05) is 54.9 Å². The summed E-state index contributed by atoms with van der Waals surface area (Å²) in [6.45, 7) is 6.07. The number of halogens is 2. The average molecular weight is 361 g/mol. The molecule has 0 aliphatic carbocycles. The second-order valence-corrected chi connectivity index (χ2v) is 7.22. The number of benzene rings is 2. The number of piperazine rings is 1. The minimum atomic E-state index is -1.83. The lowest BCUT2D eigenvalue weighted by molar-refractivity contribution is 0.265. The minimum Gasteiger partial charge on any atom is -0.369 e. The van der Waals surface area contributed by atoms with Crippen LogP contribution in [0.3, 0.4) is 0 Å². The molecule has 0 radical (unpaired) electrons. The van der Waals surface area contributed by atoms with Gasteiger partial charge in [0.05, 0.1) is 0 Å². The molecule has 1 aliphatic heterocycles. The third kappa shape index (κ3) is 4.53. The van der Waals surface area contributed by atoms with E-state index in [9.17, 15) is 0 Å². The summed E-state index contributed by atoms with van der Waals surface area (Å²) in [7, 11) is 0. The fourth-order valence-corrected chi connectivity index (χ4v) is 3.61. The monoisotopic (exact) mass is 360 g/mol. The Balaban J connectivity index is 1.76. The molecule has 1 unspecified atom stereocenters. The number of rotatable bonds is 6. The molecule has 1 atom stereocenters. The smallest absolute Gasteiger partial charge is 0.209 e. The van der Waals surface area contributed by atoms with Gasteiger partial charge >= 0.3 is 0 Å². The Hall–Kier alpha value is -1.58. The van der Waals surface area contributed by atoms with Crippen molar-refractivity contribution in [3.05, 3.63) is 65.2 Å². The van der Waals surface area contributed by atoms with Crippen LogP contribution in [0.5, 0.6) is 0 Å². The first kappa shape index (κ1) is 18.2. The number of hydrogen-bond acceptors (Lipinski definition) is 2. The summed E-state index contributed by atoms with van der Waals surface area (Å²) in [5.74, 6) is 0. The second-order valence-electron chi connectivity index (χ2n) is 6.62. The molecule has 1 fully saturated rings. The Morgan fingerprint density at radius 2 is 1.84 bits per heavy atom. The van der Waals surface area contributed by atoms with E-state index in [0.29, 0.717) is 12.0 Å². The molecule has 0 amide bonds. The lowest BCUT2D eigenvalue weighted by Crippen LogP contribution is -2.43. The van der Waals surface area contributed by atoms with Crippen molar-refractivity contribution in [3.8, 4) is 0 Å². The van der Waals surface area contributed by atoms with Crippen molar-refractivity contribution in [2.75, 3.05) is 31.1 Å². The molecule has 0 aromatic heterocycles. The van der Waals surface area contributed by atoms with Crippen LogP contribution in [0.25, 0.3) is 0 Å². The van der Waals surface area contributed by atoms with Crippen molar-refractivity contribution in [2.45, 2.75) is 31.3 Å². The number of aryl methyl sites for hydroxylation is 2. The van der Waals surface area contributed by atoms with E-state index in [-0.39, 0.29) is 6.42 Å². The van der Waals surface area contributed by atoms with Gasteiger partial charge in [0.1, 0.15) is 0 Å². The van der Waals surface area contributed by atoms with Gasteiger partial charge in [0.15, 0.2) is 0 Å². The summed E-state index contributed by atoms with van der Waals surface area (Å²) >= 11 is 6.29. The molecule has 0 bridgehead atoms. The lowest BCUT2D eigenvalue weighted by Gasteiger charge is -2.32. The number of nitrogens with zero attached hydrogens (tertiary/aromatic N) is 1. The lowest BCUT2D eigenvalue weighted by atomic mass is 9.98. The quantitative estimate of drug-likeness (QED) is 0.754. The SMILES string of the molecule is CCc1cc(C(F)(Cl)CCc2ccccc2)ccc1N1CCNCC1. The highest BCUT2D eigenvalue weighted by Crippen LogP contribution is 2.38. The molecule has 2 aromatic rings. The van der Waals surface area contributed by atoms with Crippen molar-refractivity contribution in [3.63, 3.8) is 0 Å². The van der Waals surface area contributed by atoms with Gasteiger partial charge in [0.25, 0.3) is 0 Å². The van der Waals surface area contributed by atoms with E-state index in [0.717, 1.165) is 38.2 Å². The van der Waals surface area contributed by atoms with Crippen molar-refractivity contribution in [1.29, 1.82) is 0 Å². The molecule has 2 aromatic carbocycles. The molecule has 3 rings (SSSR count). The normalized spacial score (nSPS) is 17.3. The van der Waals surface area contributed by atoms with Gasteiger partial charge < -0.3 is 10.2 Å². The Morgan fingerprint density at radius 1 is 1.12 bits per heavy atom. The van der Waals surface area contributed by atoms with E-state index in [1.54, 1.807) is 0 Å². The van der Waals surface area contributed by atoms with Gasteiger partial charge in [-0.3, -0.25) is 0 Å². The van der Waals surface area contributed by atoms with Crippen LogP contribution in [0.2, 0.25) is 0 Å². The van der Waals surface area contributed by atoms with E-state index in [1.165, 1.54) is 11.3 Å². The molecular weight excluding hydrogens is 335 g/mol. The summed E-state index contributed by atoms with van der Waals surface area (Å²) in [6, 6.07) is 15.8. The van der Waals surface area contributed by atoms with Gasteiger partial charge in [0.2, 0.25) is 5.13 Å². The molecule has 25 heavy (non-hydrogen) atoms. The maximum Gasteiger partial charge on any atom is 0.209 e. The number of hydrogen-bond donors (Lipinski definition) is 1. The van der Waals surface area contributed by atoms with E-state index in [2.05, 4.69) is 17.1 Å². The number of nitrogens with one attached hydrogen (secondary N) is 1. The summed E-state index contributed by atoms with van der Waals surface area (Å²) in [6.07, 6.45) is 1.77. The Labute approximate surface area is 155 Å². The first-order valence-corrected chi connectivity index (χ1v) is 9.49. The predicted molar refractivity (Wildman–Crippen MR) is 104 cm³/mol. The van der Waals surface area contributed by atoms with Crippen LogP contribution in [0.1, 0.15) is 30.0 Å². The highest BCUT2D eigenvalue weighted by Gasteiger charge is 2.29. The molecule has 2 nitrogen and oxygen atoms in total. The molecule has 1 saturated heterocycles. The van der Waals surface area contributed by atoms with Crippen LogP contribution >= 0.6 is 11.6 Å². The van der Waals surface area contributed by atoms with Crippen molar-refractivity contribution in [1.82, 2.24) is 5.32 Å². The largest absolute Gasteiger partial charge is 0.369 e. The van der Waals surface area contributed by atoms with Crippen molar-refractivity contribution in [2.24, 2.45) is 0 Å². The first-order valence-electron chi connectivity index (χ1n) is 9.11. The highest BCUT2D eigenvalue weighted by atomic mass is 35.5. The molecule has 4 heteroatoms. The molecular formula is C21H26ClFN2. The summed E-state index contributed by atoms with van der Waals surface area (Å²) < 4.78 is 15.1. The summed E-state index contributed by atoms with van der Waals surface area (Å²) in [5.41, 5.74) is 4.06. The Kier molecular flexibility index (Phi) is 5.98. The van der Waals surface area contributed by atoms with Gasteiger partial charge in [-0.25, -0.2) is 4.39 Å². The fourth-order valence-electron chi connectivity index (χ4n) is 3.40. The number of anilines is 1. The third-order valence-corrected chi connectivity index (χ3v) is 5.32. The minimum absolute atomic E-state index is 0.273. The average Bonchev–Trinajstić information content (AvgIpc) is 2.67. The van der Waals surface area contributed by atoms with Gasteiger partial charge in [-0.05, 0) is 36.1 Å². The third-order valence-electron chi connectivity index (χ3n) is 4.91. The topological polar surface area (TPSA) is 15.3 Å². The zero-order valence-electron chi connectivity index (χ0n) is 14.8. The van der Waals surface area contributed by atoms with E-state index < -0.39 is 5.13 Å². The Morgan fingerprint density at radius 3 is 2.52 bits per heavy atom. The van der Waals surface area contributed by atoms with Gasteiger partial charge in [0, 0.05) is 43.9 Å². The molecule has 1 N–H and O–H groups in total. The van der Waals surface area contributed by atoms with Crippen LogP contribution in [0.4, 0.5) is 10.1 Å².